The Hall–Kier alpha value is -1.94. The quantitative estimate of drug-likeness (QED) is 0.877. The second-order valence-electron chi connectivity index (χ2n) is 5.24. The Balaban J connectivity index is 2.06. The number of hydrogen-bond donors (Lipinski definition) is 2. The molecule has 1 aromatic carbocycles. The molecule has 0 bridgehead atoms. The molecular formula is C16H21N3O. The Labute approximate surface area is 119 Å². The third-order valence-electron chi connectivity index (χ3n) is 3.07. The van der Waals surface area contributed by atoms with Gasteiger partial charge in [0.2, 0.25) is 0 Å². The summed E-state index contributed by atoms with van der Waals surface area (Å²) in [5.41, 5.74) is 3.06. The highest BCUT2D eigenvalue weighted by atomic mass is 16.3. The van der Waals surface area contributed by atoms with Crippen LogP contribution in [0.3, 0.4) is 0 Å². The van der Waals surface area contributed by atoms with Gasteiger partial charge in [0, 0.05) is 24.2 Å². The summed E-state index contributed by atoms with van der Waals surface area (Å²) in [5.74, 6) is 2.04. The Kier molecular flexibility index (Phi) is 4.69. The first kappa shape index (κ1) is 14.5. The highest BCUT2D eigenvalue weighted by Crippen LogP contribution is 2.14. The van der Waals surface area contributed by atoms with Crippen molar-refractivity contribution in [1.82, 2.24) is 9.97 Å². The van der Waals surface area contributed by atoms with Gasteiger partial charge in [-0.2, -0.15) is 0 Å². The van der Waals surface area contributed by atoms with E-state index in [0.717, 1.165) is 28.5 Å². The van der Waals surface area contributed by atoms with E-state index in [2.05, 4.69) is 29.1 Å². The third kappa shape index (κ3) is 3.78. The lowest BCUT2D eigenvalue weighted by molar-refractivity contribution is 0.282. The molecule has 0 fully saturated rings. The number of anilines is 1. The molecule has 106 valence electrons. The normalized spacial score (nSPS) is 10.8. The highest BCUT2D eigenvalue weighted by molar-refractivity contribution is 5.37. The number of benzene rings is 1. The summed E-state index contributed by atoms with van der Waals surface area (Å²) in [6.07, 6.45) is 0. The van der Waals surface area contributed by atoms with Gasteiger partial charge in [-0.3, -0.25) is 0 Å². The second kappa shape index (κ2) is 6.48. The summed E-state index contributed by atoms with van der Waals surface area (Å²) < 4.78 is 0. The SMILES string of the molecule is Cc1cc(NCc2ccc(CO)cc2)nc(C(C)C)n1. The fourth-order valence-corrected chi connectivity index (χ4v) is 1.90. The molecule has 1 heterocycles. The molecule has 0 saturated heterocycles. The zero-order valence-electron chi connectivity index (χ0n) is 12.2. The second-order valence-corrected chi connectivity index (χ2v) is 5.24. The van der Waals surface area contributed by atoms with Gasteiger partial charge < -0.3 is 10.4 Å². The lowest BCUT2D eigenvalue weighted by Gasteiger charge is -2.10. The van der Waals surface area contributed by atoms with Gasteiger partial charge >= 0.3 is 0 Å². The van der Waals surface area contributed by atoms with E-state index in [1.807, 2.05) is 37.3 Å². The molecule has 0 atom stereocenters. The minimum absolute atomic E-state index is 0.0799. The monoisotopic (exact) mass is 271 g/mol. The summed E-state index contributed by atoms with van der Waals surface area (Å²) in [4.78, 5) is 8.95. The molecule has 0 aliphatic carbocycles. The van der Waals surface area contributed by atoms with Crippen LogP contribution in [0.1, 0.15) is 42.4 Å². The van der Waals surface area contributed by atoms with Gasteiger partial charge in [-0.05, 0) is 18.1 Å². The van der Waals surface area contributed by atoms with Crippen LogP contribution in [0.4, 0.5) is 5.82 Å². The van der Waals surface area contributed by atoms with Crippen LogP contribution in [0.25, 0.3) is 0 Å². The van der Waals surface area contributed by atoms with E-state index in [0.29, 0.717) is 12.5 Å². The number of aromatic nitrogens is 2. The number of aliphatic hydroxyl groups excluding tert-OH is 1. The van der Waals surface area contributed by atoms with E-state index < -0.39 is 0 Å². The number of aliphatic hydroxyl groups is 1. The molecule has 2 rings (SSSR count). The standard InChI is InChI=1S/C16H21N3O/c1-11(2)16-18-12(3)8-15(19-16)17-9-13-4-6-14(10-20)7-5-13/h4-8,11,20H,9-10H2,1-3H3,(H,17,18,19). The lowest BCUT2D eigenvalue weighted by Crippen LogP contribution is -2.06. The molecule has 2 N–H and O–H groups in total. The van der Waals surface area contributed by atoms with Crippen LogP contribution in [-0.4, -0.2) is 15.1 Å². The zero-order valence-corrected chi connectivity index (χ0v) is 12.2. The van der Waals surface area contributed by atoms with Crippen LogP contribution in [-0.2, 0) is 13.2 Å². The van der Waals surface area contributed by atoms with E-state index in [-0.39, 0.29) is 6.61 Å². The van der Waals surface area contributed by atoms with Crippen molar-refractivity contribution in [2.24, 2.45) is 0 Å². The molecule has 0 aliphatic heterocycles. The van der Waals surface area contributed by atoms with Gasteiger partial charge in [0.25, 0.3) is 0 Å². The molecule has 2 aromatic rings. The van der Waals surface area contributed by atoms with Gasteiger partial charge in [0.15, 0.2) is 0 Å². The molecular weight excluding hydrogens is 250 g/mol. The zero-order chi connectivity index (χ0) is 14.5. The van der Waals surface area contributed by atoms with Gasteiger partial charge in [-0.25, -0.2) is 9.97 Å². The van der Waals surface area contributed by atoms with E-state index in [1.54, 1.807) is 0 Å². The number of aryl methyl sites for hydroxylation is 1. The predicted octanol–water partition coefficient (Wildman–Crippen LogP) is 3.01. The fourth-order valence-electron chi connectivity index (χ4n) is 1.90. The highest BCUT2D eigenvalue weighted by Gasteiger charge is 2.06. The van der Waals surface area contributed by atoms with Crippen molar-refractivity contribution in [2.75, 3.05) is 5.32 Å². The predicted molar refractivity (Wildman–Crippen MR) is 80.5 cm³/mol. The molecule has 4 nitrogen and oxygen atoms in total. The molecule has 0 saturated carbocycles. The van der Waals surface area contributed by atoms with Crippen molar-refractivity contribution in [3.63, 3.8) is 0 Å². The average Bonchev–Trinajstić information content (AvgIpc) is 2.45. The maximum atomic E-state index is 9.02. The largest absolute Gasteiger partial charge is 0.392 e. The van der Waals surface area contributed by atoms with Crippen LogP contribution in [0.2, 0.25) is 0 Å². The maximum Gasteiger partial charge on any atom is 0.133 e. The first-order valence-electron chi connectivity index (χ1n) is 6.86. The lowest BCUT2D eigenvalue weighted by atomic mass is 10.1. The van der Waals surface area contributed by atoms with E-state index in [9.17, 15) is 0 Å². The van der Waals surface area contributed by atoms with Crippen molar-refractivity contribution in [2.45, 2.75) is 39.8 Å². The first-order valence-corrected chi connectivity index (χ1v) is 6.86. The van der Waals surface area contributed by atoms with Crippen LogP contribution in [0.15, 0.2) is 30.3 Å². The molecule has 0 spiro atoms. The number of hydrogen-bond acceptors (Lipinski definition) is 4. The van der Waals surface area contributed by atoms with Crippen LogP contribution < -0.4 is 5.32 Å². The molecule has 4 heteroatoms. The smallest absolute Gasteiger partial charge is 0.133 e. The molecule has 20 heavy (non-hydrogen) atoms. The maximum absolute atomic E-state index is 9.02. The Morgan fingerprint density at radius 3 is 2.35 bits per heavy atom. The van der Waals surface area contributed by atoms with Crippen molar-refractivity contribution in [3.05, 3.63) is 53.0 Å². The van der Waals surface area contributed by atoms with E-state index in [4.69, 9.17) is 5.11 Å². The van der Waals surface area contributed by atoms with Crippen molar-refractivity contribution >= 4 is 5.82 Å². The van der Waals surface area contributed by atoms with Crippen molar-refractivity contribution < 1.29 is 5.11 Å². The topological polar surface area (TPSA) is 58.0 Å². The van der Waals surface area contributed by atoms with Gasteiger partial charge in [-0.1, -0.05) is 38.1 Å². The fraction of sp³-hybridized carbons (Fsp3) is 0.375. The first-order chi connectivity index (χ1) is 9.58. The Morgan fingerprint density at radius 2 is 1.75 bits per heavy atom. The summed E-state index contributed by atoms with van der Waals surface area (Å²) in [7, 11) is 0. The van der Waals surface area contributed by atoms with Gasteiger partial charge in [0.1, 0.15) is 11.6 Å². The van der Waals surface area contributed by atoms with E-state index >= 15 is 0 Å². The summed E-state index contributed by atoms with van der Waals surface area (Å²) in [6.45, 7) is 6.95. The summed E-state index contributed by atoms with van der Waals surface area (Å²) >= 11 is 0. The van der Waals surface area contributed by atoms with Crippen LogP contribution >= 0.6 is 0 Å². The molecule has 0 aliphatic rings. The molecule has 0 radical (unpaired) electrons. The van der Waals surface area contributed by atoms with Crippen LogP contribution in [0, 0.1) is 6.92 Å². The number of rotatable bonds is 5. The Morgan fingerprint density at radius 1 is 1.10 bits per heavy atom. The molecule has 0 unspecified atom stereocenters. The van der Waals surface area contributed by atoms with Crippen LogP contribution in [0.5, 0.6) is 0 Å². The summed E-state index contributed by atoms with van der Waals surface area (Å²) in [5, 5.41) is 12.3. The third-order valence-corrected chi connectivity index (χ3v) is 3.07. The van der Waals surface area contributed by atoms with Gasteiger partial charge in [0.05, 0.1) is 6.61 Å². The Bertz CT molecular complexity index is 564. The molecule has 0 amide bonds. The minimum Gasteiger partial charge on any atom is -0.392 e. The average molecular weight is 271 g/mol. The summed E-state index contributed by atoms with van der Waals surface area (Å²) in [6, 6.07) is 9.84. The molecule has 1 aromatic heterocycles. The van der Waals surface area contributed by atoms with Gasteiger partial charge in [-0.15, -0.1) is 0 Å². The number of nitrogens with one attached hydrogen (secondary N) is 1. The van der Waals surface area contributed by atoms with Crippen molar-refractivity contribution in [3.8, 4) is 0 Å². The van der Waals surface area contributed by atoms with E-state index in [1.165, 1.54) is 0 Å². The minimum atomic E-state index is 0.0799. The van der Waals surface area contributed by atoms with Crippen molar-refractivity contribution in [1.29, 1.82) is 0 Å². The number of nitrogens with zero attached hydrogens (tertiary/aromatic N) is 2.